The van der Waals surface area contributed by atoms with E-state index in [2.05, 4.69) is 28.2 Å². The van der Waals surface area contributed by atoms with E-state index in [0.29, 0.717) is 19.3 Å². The standard InChI is InChI=1S/C22H32BrNO4S/c1-3-4-5-9-17(21(24)27)18-11-16(25)12-22(18,28)19(26)10-7-6-8-15-13-29-20(23)14(15)2/h3-4,10,13,16-18,25-26,28H,5-9,11-12H2,1-2H3,(H2,24,27)/b4-3?,19-10+/t16-,17?,18?,22-/m0/s1. The van der Waals surface area contributed by atoms with Crippen molar-refractivity contribution in [3.05, 3.63) is 44.3 Å². The van der Waals surface area contributed by atoms with Crippen molar-refractivity contribution in [1.29, 1.82) is 0 Å². The Balaban J connectivity index is 2.07. The quantitative estimate of drug-likeness (QED) is 0.221. The van der Waals surface area contributed by atoms with Crippen LogP contribution in [0, 0.1) is 18.8 Å². The second-order valence-corrected chi connectivity index (χ2v) is 10.1. The van der Waals surface area contributed by atoms with E-state index in [1.165, 1.54) is 11.1 Å². The molecule has 4 atom stereocenters. The molecule has 1 aliphatic carbocycles. The summed E-state index contributed by atoms with van der Waals surface area (Å²) in [5.74, 6) is -1.85. The Morgan fingerprint density at radius 3 is 2.79 bits per heavy atom. The molecule has 1 amide bonds. The fraction of sp³-hybridized carbons (Fsp3) is 0.591. The van der Waals surface area contributed by atoms with Crippen LogP contribution in [0.15, 0.2) is 33.2 Å². The fourth-order valence-corrected chi connectivity index (χ4v) is 5.62. The van der Waals surface area contributed by atoms with Gasteiger partial charge in [-0.3, -0.25) is 4.79 Å². The van der Waals surface area contributed by atoms with Crippen LogP contribution in [0.1, 0.15) is 56.6 Å². The van der Waals surface area contributed by atoms with Crippen molar-refractivity contribution in [3.8, 4) is 0 Å². The Morgan fingerprint density at radius 1 is 1.48 bits per heavy atom. The molecule has 0 aromatic carbocycles. The number of nitrogens with two attached hydrogens (primary N) is 1. The number of thiophene rings is 1. The molecular formula is C22H32BrNO4S. The molecule has 5 nitrogen and oxygen atoms in total. The van der Waals surface area contributed by atoms with Crippen LogP contribution in [0.5, 0.6) is 0 Å². The molecule has 0 radical (unpaired) electrons. The van der Waals surface area contributed by atoms with Crippen molar-refractivity contribution in [3.63, 3.8) is 0 Å². The Labute approximate surface area is 185 Å². The zero-order valence-corrected chi connectivity index (χ0v) is 19.5. The summed E-state index contributed by atoms with van der Waals surface area (Å²) < 4.78 is 1.14. The largest absolute Gasteiger partial charge is 0.510 e. The third-order valence-corrected chi connectivity index (χ3v) is 8.00. The number of hydrogen-bond acceptors (Lipinski definition) is 5. The first-order valence-corrected chi connectivity index (χ1v) is 11.8. The highest BCUT2D eigenvalue weighted by molar-refractivity contribution is 9.11. The fourth-order valence-electron chi connectivity index (χ4n) is 4.24. The van der Waals surface area contributed by atoms with Gasteiger partial charge in [0.1, 0.15) is 11.4 Å². The lowest BCUT2D eigenvalue weighted by molar-refractivity contribution is -0.127. The maximum atomic E-state index is 12.1. The minimum atomic E-state index is -1.61. The molecule has 1 heterocycles. The number of rotatable bonds is 10. The van der Waals surface area contributed by atoms with Gasteiger partial charge in [-0.15, -0.1) is 11.3 Å². The number of amides is 1. The van der Waals surface area contributed by atoms with Crippen LogP contribution in [0.3, 0.4) is 0 Å². The van der Waals surface area contributed by atoms with Crippen molar-refractivity contribution >= 4 is 33.2 Å². The number of unbranched alkanes of at least 4 members (excludes halogenated alkanes) is 1. The monoisotopic (exact) mass is 485 g/mol. The highest BCUT2D eigenvalue weighted by Gasteiger charge is 2.52. The van der Waals surface area contributed by atoms with Crippen molar-refractivity contribution < 1.29 is 20.1 Å². The van der Waals surface area contributed by atoms with E-state index in [4.69, 9.17) is 5.73 Å². The number of allylic oxidation sites excluding steroid dienone is 3. The van der Waals surface area contributed by atoms with Crippen LogP contribution in [-0.4, -0.2) is 32.9 Å². The summed E-state index contributed by atoms with van der Waals surface area (Å²) in [6, 6.07) is 0. The van der Waals surface area contributed by atoms with E-state index >= 15 is 0 Å². The van der Waals surface area contributed by atoms with Crippen LogP contribution < -0.4 is 5.73 Å². The van der Waals surface area contributed by atoms with Gasteiger partial charge in [0.15, 0.2) is 0 Å². The Kier molecular flexibility index (Phi) is 8.94. The lowest BCUT2D eigenvalue weighted by Crippen LogP contribution is -2.44. The topological polar surface area (TPSA) is 104 Å². The molecule has 2 unspecified atom stereocenters. The predicted molar refractivity (Wildman–Crippen MR) is 121 cm³/mol. The van der Waals surface area contributed by atoms with E-state index in [-0.39, 0.29) is 18.6 Å². The summed E-state index contributed by atoms with van der Waals surface area (Å²) in [4.78, 5) is 12.1. The normalized spacial score (nSPS) is 26.3. The summed E-state index contributed by atoms with van der Waals surface area (Å²) in [5.41, 5.74) is 6.51. The predicted octanol–water partition coefficient (Wildman–Crippen LogP) is 4.54. The van der Waals surface area contributed by atoms with E-state index in [9.17, 15) is 20.1 Å². The Hall–Kier alpha value is -1.15. The van der Waals surface area contributed by atoms with Crippen LogP contribution in [0.25, 0.3) is 0 Å². The number of hydrogen-bond donors (Lipinski definition) is 4. The summed E-state index contributed by atoms with van der Waals surface area (Å²) in [7, 11) is 0. The van der Waals surface area contributed by atoms with Gasteiger partial charge in [-0.1, -0.05) is 12.2 Å². The number of halogens is 1. The lowest BCUT2D eigenvalue weighted by atomic mass is 9.76. The van der Waals surface area contributed by atoms with Crippen molar-refractivity contribution in [2.75, 3.05) is 0 Å². The van der Waals surface area contributed by atoms with Crippen molar-refractivity contribution in [1.82, 2.24) is 0 Å². The van der Waals surface area contributed by atoms with Gasteiger partial charge in [0.2, 0.25) is 5.91 Å². The zero-order valence-electron chi connectivity index (χ0n) is 17.1. The molecule has 7 heteroatoms. The molecule has 1 aliphatic rings. The van der Waals surface area contributed by atoms with Gasteiger partial charge >= 0.3 is 0 Å². The first kappa shape index (κ1) is 24.1. The van der Waals surface area contributed by atoms with Gasteiger partial charge in [0, 0.05) is 18.3 Å². The minimum absolute atomic E-state index is 0.0178. The molecule has 0 spiro atoms. The highest BCUT2D eigenvalue weighted by atomic mass is 79.9. The van der Waals surface area contributed by atoms with E-state index in [1.54, 1.807) is 17.4 Å². The van der Waals surface area contributed by atoms with Crippen molar-refractivity contribution in [2.45, 2.75) is 70.5 Å². The number of primary amides is 1. The lowest BCUT2D eigenvalue weighted by Gasteiger charge is -2.33. The van der Waals surface area contributed by atoms with Gasteiger partial charge in [0.05, 0.1) is 9.89 Å². The summed E-state index contributed by atoms with van der Waals surface area (Å²) in [6.07, 6.45) is 8.44. The summed E-state index contributed by atoms with van der Waals surface area (Å²) in [6.45, 7) is 3.98. The Bertz CT molecular complexity index is 760. The third-order valence-electron chi connectivity index (χ3n) is 5.93. The minimum Gasteiger partial charge on any atom is -0.510 e. The summed E-state index contributed by atoms with van der Waals surface area (Å²) in [5, 5.41) is 34.2. The smallest absolute Gasteiger partial charge is 0.220 e. The molecule has 0 aliphatic heterocycles. The number of aliphatic hydroxyl groups excluding tert-OH is 2. The van der Waals surface area contributed by atoms with Gasteiger partial charge in [0.25, 0.3) is 0 Å². The van der Waals surface area contributed by atoms with Gasteiger partial charge in [-0.25, -0.2) is 0 Å². The SMILES string of the molecule is CC=CCCC(C(N)=O)C1C[C@H](O)C[C@@]1(O)/C(O)=C\CCCc1csc(Br)c1C. The van der Waals surface area contributed by atoms with Crippen LogP contribution in [-0.2, 0) is 11.2 Å². The number of aryl methyl sites for hydroxylation is 1. The van der Waals surface area contributed by atoms with E-state index in [0.717, 1.165) is 16.6 Å². The molecule has 1 aromatic heterocycles. The van der Waals surface area contributed by atoms with Gasteiger partial charge in [-0.05, 0) is 90.9 Å². The van der Waals surface area contributed by atoms with E-state index < -0.39 is 29.4 Å². The second kappa shape index (κ2) is 10.8. The zero-order chi connectivity index (χ0) is 21.6. The third kappa shape index (κ3) is 5.94. The molecule has 2 rings (SSSR count). The highest BCUT2D eigenvalue weighted by Crippen LogP contribution is 2.45. The Morgan fingerprint density at radius 2 is 2.21 bits per heavy atom. The average Bonchev–Trinajstić information content (AvgIpc) is 3.15. The van der Waals surface area contributed by atoms with Crippen molar-refractivity contribution in [2.24, 2.45) is 17.6 Å². The van der Waals surface area contributed by atoms with Gasteiger partial charge in [-0.2, -0.15) is 0 Å². The first-order chi connectivity index (χ1) is 13.7. The molecule has 1 saturated carbocycles. The van der Waals surface area contributed by atoms with Crippen LogP contribution >= 0.6 is 27.3 Å². The molecule has 5 N–H and O–H groups in total. The number of carbonyl (C=O) groups is 1. The maximum absolute atomic E-state index is 12.1. The first-order valence-electron chi connectivity index (χ1n) is 10.1. The molecule has 0 saturated heterocycles. The average molecular weight is 486 g/mol. The molecule has 1 aromatic rings. The maximum Gasteiger partial charge on any atom is 0.220 e. The summed E-state index contributed by atoms with van der Waals surface area (Å²) >= 11 is 5.19. The number of aliphatic hydroxyl groups is 3. The molecule has 29 heavy (non-hydrogen) atoms. The molecule has 162 valence electrons. The second-order valence-electron chi connectivity index (χ2n) is 7.92. The number of carbonyl (C=O) groups excluding carboxylic acids is 1. The van der Waals surface area contributed by atoms with E-state index in [1.807, 2.05) is 19.1 Å². The van der Waals surface area contributed by atoms with Crippen LogP contribution in [0.2, 0.25) is 0 Å². The molecule has 1 fully saturated rings. The van der Waals surface area contributed by atoms with Crippen LogP contribution in [0.4, 0.5) is 0 Å². The molecular weight excluding hydrogens is 454 g/mol. The molecule has 0 bridgehead atoms. The van der Waals surface area contributed by atoms with Gasteiger partial charge < -0.3 is 21.1 Å².